The van der Waals surface area contributed by atoms with E-state index in [9.17, 15) is 23.8 Å². The second kappa shape index (κ2) is 3.92. The second-order valence-electron chi connectivity index (χ2n) is 4.95. The Morgan fingerprint density at radius 3 is 2.25 bits per heavy atom. The molecular weight excluding hydrogens is 220 g/mol. The van der Waals surface area contributed by atoms with Gasteiger partial charge in [0.05, 0.1) is 5.60 Å². The normalized spacial score (nSPS) is 20.1. The molecule has 0 aromatic rings. The van der Waals surface area contributed by atoms with E-state index in [2.05, 4.69) is 0 Å². The number of alkyl halides is 2. The molecule has 1 fully saturated rings. The van der Waals surface area contributed by atoms with Crippen LogP contribution in [0.15, 0.2) is 0 Å². The van der Waals surface area contributed by atoms with Crippen LogP contribution in [0, 0.1) is 0 Å². The zero-order chi connectivity index (χ0) is 12.6. The number of carbonyl (C=O) groups is 1. The fourth-order valence-corrected chi connectivity index (χ4v) is 1.44. The van der Waals surface area contributed by atoms with Gasteiger partial charge in [0.1, 0.15) is 5.60 Å². The summed E-state index contributed by atoms with van der Waals surface area (Å²) in [5.74, 6) is -5.33. The molecule has 94 valence electrons. The first-order valence-electron chi connectivity index (χ1n) is 5.19. The molecule has 0 unspecified atom stereocenters. The summed E-state index contributed by atoms with van der Waals surface area (Å²) >= 11 is 0. The van der Waals surface area contributed by atoms with E-state index in [0.717, 1.165) is 0 Å². The quantitative estimate of drug-likeness (QED) is 0.664. The van der Waals surface area contributed by atoms with Gasteiger partial charge in [-0.3, -0.25) is 4.79 Å². The molecule has 0 aromatic heterocycles. The predicted molar refractivity (Wildman–Crippen MR) is 53.1 cm³/mol. The van der Waals surface area contributed by atoms with E-state index in [0.29, 0.717) is 6.42 Å². The third kappa shape index (κ3) is 2.49. The van der Waals surface area contributed by atoms with Crippen LogP contribution in [0.4, 0.5) is 8.78 Å². The number of carbonyl (C=O) groups excluding carboxylic acids is 1. The summed E-state index contributed by atoms with van der Waals surface area (Å²) in [6, 6.07) is 0. The summed E-state index contributed by atoms with van der Waals surface area (Å²) in [6.07, 6.45) is 0.344. The van der Waals surface area contributed by atoms with Gasteiger partial charge in [-0.15, -0.1) is 0 Å². The molecule has 1 rings (SSSR count). The molecule has 1 aliphatic rings. The van der Waals surface area contributed by atoms with Gasteiger partial charge < -0.3 is 15.5 Å². The van der Waals surface area contributed by atoms with Crippen molar-refractivity contribution in [3.63, 3.8) is 0 Å². The minimum Gasteiger partial charge on any atom is -0.389 e. The second-order valence-corrected chi connectivity index (χ2v) is 4.95. The molecule has 1 aliphatic carbocycles. The molecule has 0 radical (unpaired) electrons. The standard InChI is InChI=1S/C10H17F2NO3/c1-8(2,15)6-13-7(14)10(11,12)9(16)4-3-5-9/h15-16H,3-6H2,1-2H3,(H,13,14). The Labute approximate surface area is 92.6 Å². The Balaban J connectivity index is 2.59. The molecule has 0 aliphatic heterocycles. The average Bonchev–Trinajstić information content (AvgIpc) is 2.08. The Hall–Kier alpha value is -0.750. The maximum atomic E-state index is 13.5. The Morgan fingerprint density at radius 2 is 1.94 bits per heavy atom. The van der Waals surface area contributed by atoms with Gasteiger partial charge >= 0.3 is 5.92 Å². The lowest BCUT2D eigenvalue weighted by Gasteiger charge is -2.41. The van der Waals surface area contributed by atoms with Gasteiger partial charge in [0.2, 0.25) is 0 Å². The lowest BCUT2D eigenvalue weighted by atomic mass is 9.75. The number of amides is 1. The van der Waals surface area contributed by atoms with E-state index in [1.165, 1.54) is 13.8 Å². The van der Waals surface area contributed by atoms with Crippen LogP contribution in [0.2, 0.25) is 0 Å². The van der Waals surface area contributed by atoms with Crippen molar-refractivity contribution < 1.29 is 23.8 Å². The third-order valence-corrected chi connectivity index (χ3v) is 2.73. The van der Waals surface area contributed by atoms with Crippen molar-refractivity contribution in [2.75, 3.05) is 6.54 Å². The van der Waals surface area contributed by atoms with Crippen molar-refractivity contribution >= 4 is 5.91 Å². The smallest absolute Gasteiger partial charge is 0.352 e. The minimum atomic E-state index is -3.80. The number of aliphatic hydroxyl groups is 2. The Morgan fingerprint density at radius 1 is 1.44 bits per heavy atom. The largest absolute Gasteiger partial charge is 0.389 e. The molecule has 0 saturated heterocycles. The van der Waals surface area contributed by atoms with Gasteiger partial charge in [0, 0.05) is 6.54 Å². The Bertz CT molecular complexity index is 282. The van der Waals surface area contributed by atoms with Gasteiger partial charge in [-0.05, 0) is 33.1 Å². The third-order valence-electron chi connectivity index (χ3n) is 2.73. The van der Waals surface area contributed by atoms with Gasteiger partial charge in [-0.1, -0.05) is 0 Å². The van der Waals surface area contributed by atoms with Gasteiger partial charge in [-0.2, -0.15) is 8.78 Å². The molecule has 3 N–H and O–H groups in total. The maximum Gasteiger partial charge on any atom is 0.352 e. The zero-order valence-electron chi connectivity index (χ0n) is 9.39. The molecule has 16 heavy (non-hydrogen) atoms. The molecule has 0 spiro atoms. The predicted octanol–water partition coefficient (Wildman–Crippen LogP) is 0.424. The first-order chi connectivity index (χ1) is 7.08. The number of halogens is 2. The molecule has 1 amide bonds. The fourth-order valence-electron chi connectivity index (χ4n) is 1.44. The number of rotatable bonds is 4. The lowest BCUT2D eigenvalue weighted by molar-refractivity contribution is -0.216. The van der Waals surface area contributed by atoms with E-state index in [1.54, 1.807) is 0 Å². The zero-order valence-corrected chi connectivity index (χ0v) is 9.39. The van der Waals surface area contributed by atoms with E-state index in [1.807, 2.05) is 5.32 Å². The van der Waals surface area contributed by atoms with Gasteiger partial charge in [0.15, 0.2) is 0 Å². The Kier molecular flexibility index (Phi) is 3.27. The van der Waals surface area contributed by atoms with E-state index in [-0.39, 0.29) is 19.4 Å². The van der Waals surface area contributed by atoms with Crippen LogP contribution in [-0.4, -0.2) is 39.8 Å². The summed E-state index contributed by atoms with van der Waals surface area (Å²) in [5.41, 5.74) is -3.47. The molecule has 1 saturated carbocycles. The van der Waals surface area contributed by atoms with Crippen molar-refractivity contribution in [3.05, 3.63) is 0 Å². The van der Waals surface area contributed by atoms with E-state index in [4.69, 9.17) is 0 Å². The van der Waals surface area contributed by atoms with Crippen molar-refractivity contribution in [2.24, 2.45) is 0 Å². The lowest BCUT2D eigenvalue weighted by Crippen LogP contribution is -2.61. The van der Waals surface area contributed by atoms with Gasteiger partial charge in [-0.25, -0.2) is 0 Å². The summed E-state index contributed by atoms with van der Waals surface area (Å²) in [4.78, 5) is 11.2. The highest BCUT2D eigenvalue weighted by molar-refractivity contribution is 5.85. The highest BCUT2D eigenvalue weighted by atomic mass is 19.3. The average molecular weight is 237 g/mol. The van der Waals surface area contributed by atoms with Crippen LogP contribution < -0.4 is 5.32 Å². The molecule has 6 heteroatoms. The van der Waals surface area contributed by atoms with E-state index >= 15 is 0 Å². The molecular formula is C10H17F2NO3. The number of hydrogen-bond donors (Lipinski definition) is 3. The van der Waals surface area contributed by atoms with Crippen molar-refractivity contribution in [3.8, 4) is 0 Å². The summed E-state index contributed by atoms with van der Waals surface area (Å²) in [6.45, 7) is 2.50. The molecule has 0 aromatic carbocycles. The molecule has 0 heterocycles. The fraction of sp³-hybridized carbons (Fsp3) is 0.900. The van der Waals surface area contributed by atoms with Crippen LogP contribution in [-0.2, 0) is 4.79 Å². The summed E-state index contributed by atoms with van der Waals surface area (Å²) in [5, 5.41) is 20.7. The summed E-state index contributed by atoms with van der Waals surface area (Å²) < 4.78 is 27.0. The number of hydrogen-bond acceptors (Lipinski definition) is 3. The SMILES string of the molecule is CC(C)(O)CNC(=O)C(F)(F)C1(O)CCC1. The molecule has 0 atom stereocenters. The van der Waals surface area contributed by atoms with Crippen LogP contribution in [0.25, 0.3) is 0 Å². The highest BCUT2D eigenvalue weighted by Crippen LogP contribution is 2.44. The minimum absolute atomic E-state index is 0.0735. The van der Waals surface area contributed by atoms with Crippen LogP contribution in [0.3, 0.4) is 0 Å². The first-order valence-corrected chi connectivity index (χ1v) is 5.19. The first kappa shape index (κ1) is 13.3. The van der Waals surface area contributed by atoms with Crippen molar-refractivity contribution in [1.82, 2.24) is 5.32 Å². The van der Waals surface area contributed by atoms with Crippen LogP contribution in [0.5, 0.6) is 0 Å². The summed E-state index contributed by atoms with van der Waals surface area (Å²) in [7, 11) is 0. The monoisotopic (exact) mass is 237 g/mol. The van der Waals surface area contributed by atoms with Crippen LogP contribution in [0.1, 0.15) is 33.1 Å². The van der Waals surface area contributed by atoms with Crippen LogP contribution >= 0.6 is 0 Å². The van der Waals surface area contributed by atoms with Crippen molar-refractivity contribution in [2.45, 2.75) is 50.2 Å². The van der Waals surface area contributed by atoms with E-state index < -0.39 is 23.0 Å². The van der Waals surface area contributed by atoms with Gasteiger partial charge in [0.25, 0.3) is 5.91 Å². The molecule has 4 nitrogen and oxygen atoms in total. The number of nitrogens with one attached hydrogen (secondary N) is 1. The molecule has 0 bridgehead atoms. The highest BCUT2D eigenvalue weighted by Gasteiger charge is 2.61. The maximum absolute atomic E-state index is 13.5. The topological polar surface area (TPSA) is 69.6 Å². The van der Waals surface area contributed by atoms with Crippen molar-refractivity contribution in [1.29, 1.82) is 0 Å².